The maximum Gasteiger partial charge on any atom is 0.346 e. The lowest BCUT2D eigenvalue weighted by Gasteiger charge is -2.06. The van der Waals surface area contributed by atoms with Crippen molar-refractivity contribution in [3.63, 3.8) is 0 Å². The third kappa shape index (κ3) is 2.54. The smallest absolute Gasteiger partial charge is 0.346 e. The molecule has 0 bridgehead atoms. The Balaban J connectivity index is 1.91. The number of benzene rings is 2. The monoisotopic (exact) mass is 353 g/mol. The van der Waals surface area contributed by atoms with Gasteiger partial charge in [0.25, 0.3) is 0 Å². The van der Waals surface area contributed by atoms with Crippen LogP contribution in [0.2, 0.25) is 5.02 Å². The van der Waals surface area contributed by atoms with E-state index in [1.807, 2.05) is 48.7 Å². The van der Waals surface area contributed by atoms with Gasteiger partial charge in [-0.3, -0.25) is 0 Å². The number of halogens is 1. The van der Waals surface area contributed by atoms with Crippen molar-refractivity contribution in [2.75, 3.05) is 0 Å². The molecule has 118 valence electrons. The zero-order valence-electron chi connectivity index (χ0n) is 12.7. The van der Waals surface area contributed by atoms with E-state index < -0.39 is 0 Å². The molecule has 0 N–H and O–H groups in total. The Morgan fingerprint density at radius 1 is 1.12 bits per heavy atom. The minimum atomic E-state index is -0.382. The Labute approximate surface area is 147 Å². The average Bonchev–Trinajstić information content (AvgIpc) is 3.06. The van der Waals surface area contributed by atoms with E-state index in [4.69, 9.17) is 16.0 Å². The first-order valence-electron chi connectivity index (χ1n) is 7.38. The lowest BCUT2D eigenvalue weighted by molar-refractivity contribution is 0.562. The predicted octanol–water partition coefficient (Wildman–Crippen LogP) is 5.55. The van der Waals surface area contributed by atoms with Gasteiger partial charge in [-0.25, -0.2) is 9.78 Å². The first-order valence-corrected chi connectivity index (χ1v) is 8.63. The molecule has 2 aromatic heterocycles. The number of thiazole rings is 1. The standard InChI is InChI=1S/C19H12ClNO2S/c1-11-14-9-13(20)7-8-16(14)23-19(22)17(11)15-10-24-18(21-15)12-5-3-2-4-6-12/h2-10H,1H3. The van der Waals surface area contributed by atoms with Crippen LogP contribution in [-0.4, -0.2) is 4.98 Å². The van der Waals surface area contributed by atoms with E-state index in [-0.39, 0.29) is 5.63 Å². The normalized spacial score (nSPS) is 11.1. The summed E-state index contributed by atoms with van der Waals surface area (Å²) in [6.45, 7) is 1.90. The summed E-state index contributed by atoms with van der Waals surface area (Å²) in [7, 11) is 0. The quantitative estimate of drug-likeness (QED) is 0.444. The maximum absolute atomic E-state index is 12.5. The SMILES string of the molecule is Cc1c(-c2csc(-c3ccccc3)n2)c(=O)oc2ccc(Cl)cc12. The molecule has 0 saturated carbocycles. The van der Waals surface area contributed by atoms with Crippen LogP contribution < -0.4 is 5.63 Å². The minimum absolute atomic E-state index is 0.382. The van der Waals surface area contributed by atoms with Crippen LogP contribution in [-0.2, 0) is 0 Å². The number of rotatable bonds is 2. The number of hydrogen-bond donors (Lipinski definition) is 0. The van der Waals surface area contributed by atoms with Gasteiger partial charge >= 0.3 is 5.63 Å². The van der Waals surface area contributed by atoms with Crippen molar-refractivity contribution in [1.82, 2.24) is 4.98 Å². The van der Waals surface area contributed by atoms with Crippen LogP contribution in [0.1, 0.15) is 5.56 Å². The number of aryl methyl sites for hydroxylation is 1. The summed E-state index contributed by atoms with van der Waals surface area (Å²) in [5, 5.41) is 4.19. The fourth-order valence-corrected chi connectivity index (χ4v) is 3.71. The topological polar surface area (TPSA) is 43.1 Å². The van der Waals surface area contributed by atoms with E-state index in [2.05, 4.69) is 4.98 Å². The molecule has 2 heterocycles. The third-order valence-electron chi connectivity index (χ3n) is 3.91. The fourth-order valence-electron chi connectivity index (χ4n) is 2.72. The lowest BCUT2D eigenvalue weighted by Crippen LogP contribution is -2.06. The summed E-state index contributed by atoms with van der Waals surface area (Å²) < 4.78 is 5.45. The molecule has 5 heteroatoms. The van der Waals surface area contributed by atoms with Crippen molar-refractivity contribution in [3.05, 3.63) is 74.9 Å². The Kier molecular flexibility index (Phi) is 3.71. The maximum atomic E-state index is 12.5. The molecule has 0 fully saturated rings. The first kappa shape index (κ1) is 15.1. The third-order valence-corrected chi connectivity index (χ3v) is 5.03. The van der Waals surface area contributed by atoms with E-state index in [1.165, 1.54) is 11.3 Å². The first-order chi connectivity index (χ1) is 11.6. The largest absolute Gasteiger partial charge is 0.422 e. The van der Waals surface area contributed by atoms with Crippen molar-refractivity contribution < 1.29 is 4.42 Å². The van der Waals surface area contributed by atoms with Crippen LogP contribution in [0.4, 0.5) is 0 Å². The Bertz CT molecular complexity index is 1100. The summed E-state index contributed by atoms with van der Waals surface area (Å²) >= 11 is 7.59. The zero-order chi connectivity index (χ0) is 16.7. The van der Waals surface area contributed by atoms with Crippen LogP contribution in [0, 0.1) is 6.92 Å². The number of aromatic nitrogens is 1. The van der Waals surface area contributed by atoms with Gasteiger partial charge < -0.3 is 4.42 Å². The van der Waals surface area contributed by atoms with Gasteiger partial charge in [0, 0.05) is 21.4 Å². The van der Waals surface area contributed by atoms with Crippen molar-refractivity contribution in [3.8, 4) is 21.8 Å². The summed E-state index contributed by atoms with van der Waals surface area (Å²) in [4.78, 5) is 17.1. The second-order valence-electron chi connectivity index (χ2n) is 5.43. The van der Waals surface area contributed by atoms with Gasteiger partial charge in [0.1, 0.15) is 10.6 Å². The molecule has 0 aliphatic rings. The number of nitrogens with zero attached hydrogens (tertiary/aromatic N) is 1. The molecule has 0 amide bonds. The average molecular weight is 354 g/mol. The van der Waals surface area contributed by atoms with Gasteiger partial charge in [0.2, 0.25) is 0 Å². The number of fused-ring (bicyclic) bond motifs is 1. The highest BCUT2D eigenvalue weighted by molar-refractivity contribution is 7.13. The fraction of sp³-hybridized carbons (Fsp3) is 0.0526. The summed E-state index contributed by atoms with van der Waals surface area (Å²) in [5.74, 6) is 0. The molecular weight excluding hydrogens is 342 g/mol. The van der Waals surface area contributed by atoms with Crippen LogP contribution in [0.15, 0.2) is 63.1 Å². The molecule has 0 atom stereocenters. The highest BCUT2D eigenvalue weighted by Crippen LogP contribution is 2.32. The molecule has 0 spiro atoms. The number of hydrogen-bond acceptors (Lipinski definition) is 4. The molecule has 2 aromatic carbocycles. The molecule has 0 saturated heterocycles. The molecule has 4 aromatic rings. The second kappa shape index (κ2) is 5.89. The lowest BCUT2D eigenvalue weighted by atomic mass is 10.0. The van der Waals surface area contributed by atoms with Gasteiger partial charge in [0.05, 0.1) is 11.3 Å². The summed E-state index contributed by atoms with van der Waals surface area (Å²) in [6, 6.07) is 15.1. The van der Waals surface area contributed by atoms with Gasteiger partial charge in [-0.2, -0.15) is 0 Å². The summed E-state index contributed by atoms with van der Waals surface area (Å²) in [5.41, 5.74) is 3.12. The molecule has 0 aliphatic heterocycles. The Morgan fingerprint density at radius 3 is 2.71 bits per heavy atom. The van der Waals surface area contributed by atoms with Crippen molar-refractivity contribution in [1.29, 1.82) is 0 Å². The van der Waals surface area contributed by atoms with Crippen LogP contribution >= 0.6 is 22.9 Å². The van der Waals surface area contributed by atoms with Crippen molar-refractivity contribution in [2.24, 2.45) is 0 Å². The highest BCUT2D eigenvalue weighted by atomic mass is 35.5. The van der Waals surface area contributed by atoms with Gasteiger partial charge in [-0.15, -0.1) is 11.3 Å². The van der Waals surface area contributed by atoms with Gasteiger partial charge in [-0.1, -0.05) is 41.9 Å². The summed E-state index contributed by atoms with van der Waals surface area (Å²) in [6.07, 6.45) is 0. The van der Waals surface area contributed by atoms with Crippen LogP contribution in [0.25, 0.3) is 32.8 Å². The Morgan fingerprint density at radius 2 is 1.92 bits per heavy atom. The van der Waals surface area contributed by atoms with Crippen LogP contribution in [0.3, 0.4) is 0 Å². The molecule has 0 unspecified atom stereocenters. The Hall–Kier alpha value is -2.43. The van der Waals surface area contributed by atoms with E-state index in [1.54, 1.807) is 12.1 Å². The minimum Gasteiger partial charge on any atom is -0.422 e. The van der Waals surface area contributed by atoms with E-state index in [0.29, 0.717) is 21.9 Å². The molecule has 3 nitrogen and oxygen atoms in total. The highest BCUT2D eigenvalue weighted by Gasteiger charge is 2.16. The van der Waals surface area contributed by atoms with Crippen LogP contribution in [0.5, 0.6) is 0 Å². The molecule has 0 aliphatic carbocycles. The molecule has 0 radical (unpaired) electrons. The van der Waals surface area contributed by atoms with E-state index in [0.717, 1.165) is 21.5 Å². The van der Waals surface area contributed by atoms with Gasteiger partial charge in [-0.05, 0) is 30.7 Å². The molecule has 4 rings (SSSR count). The zero-order valence-corrected chi connectivity index (χ0v) is 14.3. The van der Waals surface area contributed by atoms with E-state index in [9.17, 15) is 4.79 Å². The van der Waals surface area contributed by atoms with Crippen molar-refractivity contribution >= 4 is 33.9 Å². The van der Waals surface area contributed by atoms with Gasteiger partial charge in [0.15, 0.2) is 0 Å². The predicted molar refractivity (Wildman–Crippen MR) is 98.8 cm³/mol. The second-order valence-corrected chi connectivity index (χ2v) is 6.73. The molecule has 24 heavy (non-hydrogen) atoms. The molecular formula is C19H12ClNO2S. The van der Waals surface area contributed by atoms with Crippen molar-refractivity contribution in [2.45, 2.75) is 6.92 Å². The van der Waals surface area contributed by atoms with E-state index >= 15 is 0 Å².